The largest absolute Gasteiger partial charge is 0.416 e. The van der Waals surface area contributed by atoms with Crippen molar-refractivity contribution in [2.45, 2.75) is 6.18 Å². The number of aromatic nitrogens is 2. The first kappa shape index (κ1) is 18.7. The maximum Gasteiger partial charge on any atom is 0.416 e. The fourth-order valence-corrected chi connectivity index (χ4v) is 1.90. The highest BCUT2D eigenvalue weighted by Crippen LogP contribution is 2.30. The van der Waals surface area contributed by atoms with Gasteiger partial charge in [-0.1, -0.05) is 6.07 Å². The summed E-state index contributed by atoms with van der Waals surface area (Å²) in [7, 11) is 3.87. The highest BCUT2D eigenvalue weighted by Gasteiger charge is 2.30. The number of benzene rings is 1. The fraction of sp³-hybridized carbons (Fsp3) is 0.312. The van der Waals surface area contributed by atoms with Crippen molar-refractivity contribution < 1.29 is 18.0 Å². The fourth-order valence-electron chi connectivity index (χ4n) is 1.90. The molecule has 25 heavy (non-hydrogen) atoms. The number of likely N-dealkylation sites (N-methyl/N-ethyl adjacent to an activating group) is 1. The molecule has 0 radical (unpaired) electrons. The van der Waals surface area contributed by atoms with E-state index in [0.29, 0.717) is 12.5 Å². The van der Waals surface area contributed by atoms with Crippen LogP contribution in [0, 0.1) is 0 Å². The summed E-state index contributed by atoms with van der Waals surface area (Å²) in [6, 6.07) is 4.42. The Morgan fingerprint density at radius 3 is 2.48 bits per heavy atom. The number of hydrogen-bond acceptors (Lipinski definition) is 5. The van der Waals surface area contributed by atoms with E-state index in [1.165, 1.54) is 24.5 Å². The summed E-state index contributed by atoms with van der Waals surface area (Å²) < 4.78 is 38.0. The number of rotatable bonds is 6. The molecular weight excluding hydrogens is 335 g/mol. The lowest BCUT2D eigenvalue weighted by Crippen LogP contribution is -2.21. The molecule has 2 N–H and O–H groups in total. The average molecular weight is 353 g/mol. The molecule has 0 saturated carbocycles. The van der Waals surface area contributed by atoms with Gasteiger partial charge >= 0.3 is 6.18 Å². The summed E-state index contributed by atoms with van der Waals surface area (Å²) in [5, 5.41) is 5.40. The van der Waals surface area contributed by atoms with E-state index in [1.807, 2.05) is 19.0 Å². The van der Waals surface area contributed by atoms with Crippen LogP contribution in [0.5, 0.6) is 0 Å². The van der Waals surface area contributed by atoms with E-state index < -0.39 is 17.6 Å². The average Bonchev–Trinajstić information content (AvgIpc) is 2.54. The van der Waals surface area contributed by atoms with Crippen molar-refractivity contribution in [1.29, 1.82) is 0 Å². The highest BCUT2D eigenvalue weighted by molar-refractivity contribution is 6.03. The monoisotopic (exact) mass is 353 g/mol. The molecule has 0 aliphatic heterocycles. The van der Waals surface area contributed by atoms with Crippen LogP contribution in [0.1, 0.15) is 15.9 Å². The Hall–Kier alpha value is -2.68. The van der Waals surface area contributed by atoms with Gasteiger partial charge < -0.3 is 15.5 Å². The van der Waals surface area contributed by atoms with Crippen LogP contribution in [-0.2, 0) is 6.18 Å². The minimum atomic E-state index is -4.47. The molecule has 2 rings (SSSR count). The smallest absolute Gasteiger partial charge is 0.353 e. The third kappa shape index (κ3) is 5.71. The number of hydrogen-bond donors (Lipinski definition) is 2. The van der Waals surface area contributed by atoms with Crippen molar-refractivity contribution in [2.75, 3.05) is 37.8 Å². The normalized spacial score (nSPS) is 11.4. The van der Waals surface area contributed by atoms with E-state index >= 15 is 0 Å². The molecule has 1 aromatic heterocycles. The van der Waals surface area contributed by atoms with Gasteiger partial charge in [-0.3, -0.25) is 4.79 Å². The number of nitrogens with one attached hydrogen (secondary N) is 2. The van der Waals surface area contributed by atoms with E-state index in [4.69, 9.17) is 0 Å². The van der Waals surface area contributed by atoms with Gasteiger partial charge in [0.05, 0.1) is 11.1 Å². The van der Waals surface area contributed by atoms with Gasteiger partial charge in [0, 0.05) is 31.2 Å². The van der Waals surface area contributed by atoms with Crippen LogP contribution in [0.25, 0.3) is 0 Å². The molecule has 2 aromatic rings. The predicted molar refractivity (Wildman–Crippen MR) is 88.5 cm³/mol. The SMILES string of the molecule is CN(C)CCNc1ncc(C(=O)Nc2cccc(C(F)(F)F)c2)cn1. The molecular formula is C16H18F3N5O. The van der Waals surface area contributed by atoms with Crippen molar-refractivity contribution in [3.63, 3.8) is 0 Å². The molecule has 0 aliphatic carbocycles. The second-order valence-electron chi connectivity index (χ2n) is 5.56. The molecule has 9 heteroatoms. The summed E-state index contributed by atoms with van der Waals surface area (Å²) in [5.74, 6) is -0.211. The van der Waals surface area contributed by atoms with Crippen molar-refractivity contribution in [1.82, 2.24) is 14.9 Å². The number of carbonyl (C=O) groups excluding carboxylic acids is 1. The predicted octanol–water partition coefficient (Wildman–Crippen LogP) is 2.72. The maximum atomic E-state index is 12.7. The Balaban J connectivity index is 1.99. The lowest BCUT2D eigenvalue weighted by Gasteiger charge is -2.11. The van der Waals surface area contributed by atoms with Crippen molar-refractivity contribution in [3.8, 4) is 0 Å². The summed E-state index contributed by atoms with van der Waals surface area (Å²) in [4.78, 5) is 22.1. The Morgan fingerprint density at radius 1 is 1.20 bits per heavy atom. The first-order valence-corrected chi connectivity index (χ1v) is 7.45. The topological polar surface area (TPSA) is 70.2 Å². The Morgan fingerprint density at radius 2 is 1.88 bits per heavy atom. The molecule has 0 unspecified atom stereocenters. The number of nitrogens with zero attached hydrogens (tertiary/aromatic N) is 3. The zero-order chi connectivity index (χ0) is 18.4. The molecule has 0 saturated heterocycles. The van der Waals surface area contributed by atoms with Gasteiger partial charge in [0.1, 0.15) is 0 Å². The molecule has 0 bridgehead atoms. The van der Waals surface area contributed by atoms with Crippen LogP contribution in [0.4, 0.5) is 24.8 Å². The molecule has 134 valence electrons. The third-order valence-electron chi connectivity index (χ3n) is 3.20. The summed E-state index contributed by atoms with van der Waals surface area (Å²) in [6.45, 7) is 1.43. The van der Waals surface area contributed by atoms with Gasteiger partial charge in [-0.05, 0) is 32.3 Å². The molecule has 6 nitrogen and oxygen atoms in total. The number of halogens is 3. The molecule has 0 aliphatic rings. The van der Waals surface area contributed by atoms with Gasteiger partial charge in [-0.2, -0.15) is 13.2 Å². The summed E-state index contributed by atoms with van der Waals surface area (Å²) >= 11 is 0. The molecule has 0 fully saturated rings. The number of amides is 1. The second kappa shape index (κ2) is 7.93. The van der Waals surface area contributed by atoms with Crippen LogP contribution in [-0.4, -0.2) is 48.0 Å². The summed E-state index contributed by atoms with van der Waals surface area (Å²) in [5.41, 5.74) is -0.634. The second-order valence-corrected chi connectivity index (χ2v) is 5.56. The van der Waals surface area contributed by atoms with E-state index in [2.05, 4.69) is 20.6 Å². The Labute approximate surface area is 143 Å². The minimum absolute atomic E-state index is 0.0491. The quantitative estimate of drug-likeness (QED) is 0.836. The van der Waals surface area contributed by atoms with E-state index in [9.17, 15) is 18.0 Å². The van der Waals surface area contributed by atoms with Gasteiger partial charge in [-0.15, -0.1) is 0 Å². The van der Waals surface area contributed by atoms with Crippen LogP contribution in [0.2, 0.25) is 0 Å². The Kier molecular flexibility index (Phi) is 5.92. The third-order valence-corrected chi connectivity index (χ3v) is 3.20. The van der Waals surface area contributed by atoms with Crippen LogP contribution in [0.15, 0.2) is 36.7 Å². The first-order valence-electron chi connectivity index (χ1n) is 7.45. The van der Waals surface area contributed by atoms with Gasteiger partial charge in [0.15, 0.2) is 0 Å². The van der Waals surface area contributed by atoms with E-state index in [0.717, 1.165) is 18.7 Å². The van der Waals surface area contributed by atoms with E-state index in [-0.39, 0.29) is 11.3 Å². The first-order chi connectivity index (χ1) is 11.8. The van der Waals surface area contributed by atoms with Crippen molar-refractivity contribution >= 4 is 17.5 Å². The van der Waals surface area contributed by atoms with Crippen molar-refractivity contribution in [3.05, 3.63) is 47.8 Å². The van der Waals surface area contributed by atoms with Crippen LogP contribution >= 0.6 is 0 Å². The van der Waals surface area contributed by atoms with E-state index in [1.54, 1.807) is 0 Å². The maximum absolute atomic E-state index is 12.7. The lowest BCUT2D eigenvalue weighted by atomic mass is 10.2. The molecule has 1 amide bonds. The standard InChI is InChI=1S/C16H18F3N5O/c1-24(2)7-6-20-15-21-9-11(10-22-15)14(25)23-13-5-3-4-12(8-13)16(17,18)19/h3-5,8-10H,6-7H2,1-2H3,(H,23,25)(H,20,21,22). The number of alkyl halides is 3. The number of anilines is 2. The lowest BCUT2D eigenvalue weighted by molar-refractivity contribution is -0.137. The molecule has 0 spiro atoms. The van der Waals surface area contributed by atoms with Crippen LogP contribution in [0.3, 0.4) is 0 Å². The molecule has 1 aromatic carbocycles. The molecule has 1 heterocycles. The highest BCUT2D eigenvalue weighted by atomic mass is 19.4. The zero-order valence-electron chi connectivity index (χ0n) is 13.8. The van der Waals surface area contributed by atoms with Gasteiger partial charge in [-0.25, -0.2) is 9.97 Å². The summed E-state index contributed by atoms with van der Waals surface area (Å²) in [6.07, 6.45) is -1.84. The zero-order valence-corrected chi connectivity index (χ0v) is 13.8. The minimum Gasteiger partial charge on any atom is -0.353 e. The molecule has 0 atom stereocenters. The van der Waals surface area contributed by atoms with Gasteiger partial charge in [0.2, 0.25) is 5.95 Å². The number of carbonyl (C=O) groups is 1. The van der Waals surface area contributed by atoms with Gasteiger partial charge in [0.25, 0.3) is 5.91 Å². The Bertz CT molecular complexity index is 716. The van der Waals surface area contributed by atoms with Crippen molar-refractivity contribution in [2.24, 2.45) is 0 Å². The van der Waals surface area contributed by atoms with Crippen LogP contribution < -0.4 is 10.6 Å².